The zero-order chi connectivity index (χ0) is 17.5. The molecule has 4 nitrogen and oxygen atoms in total. The maximum absolute atomic E-state index is 12.2. The predicted molar refractivity (Wildman–Crippen MR) is 102 cm³/mol. The Kier molecular flexibility index (Phi) is 5.65. The maximum Gasteiger partial charge on any atom is 0.257 e. The number of pyridine rings is 1. The molecule has 0 unspecified atom stereocenters. The molecular weight excluding hydrogens is 334 g/mol. The number of nitrogens with zero attached hydrogens (tertiary/aromatic N) is 1. The van der Waals surface area contributed by atoms with Gasteiger partial charge < -0.3 is 10.6 Å². The van der Waals surface area contributed by atoms with Crippen LogP contribution in [0.5, 0.6) is 0 Å². The molecule has 0 spiro atoms. The Hall–Kier alpha value is -2.85. The van der Waals surface area contributed by atoms with Crippen LogP contribution in [-0.2, 0) is 6.42 Å². The van der Waals surface area contributed by atoms with Crippen LogP contribution in [-0.4, -0.2) is 17.4 Å². The number of benzene rings is 2. The molecule has 1 amide bonds. The zero-order valence-corrected chi connectivity index (χ0v) is 14.3. The van der Waals surface area contributed by atoms with Gasteiger partial charge in [0.15, 0.2) is 0 Å². The second kappa shape index (κ2) is 8.31. The van der Waals surface area contributed by atoms with Gasteiger partial charge in [-0.25, -0.2) is 4.98 Å². The van der Waals surface area contributed by atoms with Gasteiger partial charge in [0.25, 0.3) is 5.91 Å². The first-order valence-corrected chi connectivity index (χ1v) is 8.39. The van der Waals surface area contributed by atoms with Gasteiger partial charge in [-0.15, -0.1) is 0 Å². The van der Waals surface area contributed by atoms with Gasteiger partial charge in [-0.1, -0.05) is 41.9 Å². The van der Waals surface area contributed by atoms with Crippen molar-refractivity contribution in [3.05, 3.63) is 89.1 Å². The van der Waals surface area contributed by atoms with Crippen molar-refractivity contribution in [3.63, 3.8) is 0 Å². The van der Waals surface area contributed by atoms with Crippen molar-refractivity contribution in [2.45, 2.75) is 6.42 Å². The van der Waals surface area contributed by atoms with Gasteiger partial charge in [0.2, 0.25) is 0 Å². The maximum atomic E-state index is 12.2. The van der Waals surface area contributed by atoms with Crippen LogP contribution in [0.4, 0.5) is 11.5 Å². The lowest BCUT2D eigenvalue weighted by Gasteiger charge is -2.08. The largest absolute Gasteiger partial charge is 0.370 e. The SMILES string of the molecule is O=C(Nc1ccc(Cl)cc1)c1ccc(NCCc2ccccc2)nc1. The third kappa shape index (κ3) is 5.06. The highest BCUT2D eigenvalue weighted by atomic mass is 35.5. The standard InChI is InChI=1S/C20H18ClN3O/c21-17-7-9-18(10-8-17)24-20(25)16-6-11-19(23-14-16)22-13-12-15-4-2-1-3-5-15/h1-11,14H,12-13H2,(H,22,23)(H,24,25). The molecule has 3 aromatic rings. The van der Waals surface area contributed by atoms with E-state index in [0.29, 0.717) is 16.3 Å². The lowest BCUT2D eigenvalue weighted by molar-refractivity contribution is 0.102. The topological polar surface area (TPSA) is 54.0 Å². The van der Waals surface area contributed by atoms with Crippen LogP contribution in [0.25, 0.3) is 0 Å². The minimum absolute atomic E-state index is 0.203. The third-order valence-electron chi connectivity index (χ3n) is 3.69. The van der Waals surface area contributed by atoms with Crippen LogP contribution < -0.4 is 10.6 Å². The third-order valence-corrected chi connectivity index (χ3v) is 3.94. The molecule has 1 aromatic heterocycles. The first kappa shape index (κ1) is 17.0. The number of carbonyl (C=O) groups excluding carboxylic acids is 1. The molecule has 0 saturated carbocycles. The number of nitrogens with one attached hydrogen (secondary N) is 2. The van der Waals surface area contributed by atoms with Gasteiger partial charge in [-0.3, -0.25) is 4.79 Å². The lowest BCUT2D eigenvalue weighted by atomic mass is 10.1. The molecule has 25 heavy (non-hydrogen) atoms. The van der Waals surface area contributed by atoms with Crippen LogP contribution >= 0.6 is 11.6 Å². The predicted octanol–water partition coefficient (Wildman–Crippen LogP) is 4.64. The number of rotatable bonds is 6. The van der Waals surface area contributed by atoms with Crippen molar-refractivity contribution < 1.29 is 4.79 Å². The molecule has 5 heteroatoms. The number of aromatic nitrogens is 1. The fourth-order valence-corrected chi connectivity index (χ4v) is 2.47. The summed E-state index contributed by atoms with van der Waals surface area (Å²) in [5, 5.41) is 6.70. The summed E-state index contributed by atoms with van der Waals surface area (Å²) in [6.07, 6.45) is 2.48. The van der Waals surface area contributed by atoms with Crippen LogP contribution in [0.15, 0.2) is 72.9 Å². The van der Waals surface area contributed by atoms with E-state index >= 15 is 0 Å². The quantitative estimate of drug-likeness (QED) is 0.680. The highest BCUT2D eigenvalue weighted by Gasteiger charge is 2.06. The molecule has 0 saturated heterocycles. The van der Waals surface area contributed by atoms with Crippen molar-refractivity contribution in [3.8, 4) is 0 Å². The second-order valence-electron chi connectivity index (χ2n) is 5.56. The molecule has 126 valence electrons. The van der Waals surface area contributed by atoms with Crippen LogP contribution in [0, 0.1) is 0 Å². The average molecular weight is 352 g/mol. The molecule has 0 radical (unpaired) electrons. The summed E-state index contributed by atoms with van der Waals surface area (Å²) in [6, 6.07) is 20.8. The van der Waals surface area contributed by atoms with Crippen molar-refractivity contribution in [1.29, 1.82) is 0 Å². The molecule has 0 fully saturated rings. The Bertz CT molecular complexity index is 818. The van der Waals surface area contributed by atoms with E-state index in [1.54, 1.807) is 36.5 Å². The van der Waals surface area contributed by atoms with Crippen molar-refractivity contribution in [2.24, 2.45) is 0 Å². The Labute approximate surface area is 151 Å². The first-order valence-electron chi connectivity index (χ1n) is 8.01. The normalized spacial score (nSPS) is 10.3. The smallest absolute Gasteiger partial charge is 0.257 e. The summed E-state index contributed by atoms with van der Waals surface area (Å²) >= 11 is 5.83. The molecule has 2 aromatic carbocycles. The Balaban J connectivity index is 1.52. The van der Waals surface area contributed by atoms with Crippen LogP contribution in [0.2, 0.25) is 5.02 Å². The minimum atomic E-state index is -0.203. The van der Waals surface area contributed by atoms with E-state index in [2.05, 4.69) is 27.8 Å². The highest BCUT2D eigenvalue weighted by Crippen LogP contribution is 2.15. The molecular formula is C20H18ClN3O. The minimum Gasteiger partial charge on any atom is -0.370 e. The molecule has 0 aliphatic heterocycles. The van der Waals surface area contributed by atoms with Crippen molar-refractivity contribution in [2.75, 3.05) is 17.2 Å². The Morgan fingerprint density at radius 2 is 1.72 bits per heavy atom. The van der Waals surface area contributed by atoms with Gasteiger partial charge in [0, 0.05) is 23.5 Å². The van der Waals surface area contributed by atoms with E-state index in [0.717, 1.165) is 18.8 Å². The summed E-state index contributed by atoms with van der Waals surface area (Å²) < 4.78 is 0. The number of anilines is 2. The van der Waals surface area contributed by atoms with E-state index < -0.39 is 0 Å². The van der Waals surface area contributed by atoms with E-state index in [1.165, 1.54) is 5.56 Å². The van der Waals surface area contributed by atoms with Crippen LogP contribution in [0.1, 0.15) is 15.9 Å². The lowest BCUT2D eigenvalue weighted by Crippen LogP contribution is -2.13. The zero-order valence-electron chi connectivity index (χ0n) is 13.6. The summed E-state index contributed by atoms with van der Waals surface area (Å²) in [4.78, 5) is 16.5. The summed E-state index contributed by atoms with van der Waals surface area (Å²) in [5.74, 6) is 0.546. The summed E-state index contributed by atoms with van der Waals surface area (Å²) in [6.45, 7) is 0.785. The van der Waals surface area contributed by atoms with Gasteiger partial charge in [0.05, 0.1) is 5.56 Å². The molecule has 2 N–H and O–H groups in total. The number of carbonyl (C=O) groups is 1. The van der Waals surface area contributed by atoms with E-state index in [4.69, 9.17) is 11.6 Å². The number of hydrogen-bond acceptors (Lipinski definition) is 3. The van der Waals surface area contributed by atoms with Gasteiger partial charge in [-0.05, 0) is 48.4 Å². The van der Waals surface area contributed by atoms with Gasteiger partial charge in [0.1, 0.15) is 5.82 Å². The van der Waals surface area contributed by atoms with Crippen LogP contribution in [0.3, 0.4) is 0 Å². The van der Waals surface area contributed by atoms with E-state index in [9.17, 15) is 4.79 Å². The number of halogens is 1. The summed E-state index contributed by atoms with van der Waals surface area (Å²) in [5.41, 5.74) is 2.47. The fourth-order valence-electron chi connectivity index (χ4n) is 2.35. The monoisotopic (exact) mass is 351 g/mol. The van der Waals surface area contributed by atoms with Gasteiger partial charge >= 0.3 is 0 Å². The molecule has 0 bridgehead atoms. The Morgan fingerprint density at radius 3 is 2.40 bits per heavy atom. The number of amides is 1. The molecule has 3 rings (SSSR count). The molecule has 0 atom stereocenters. The second-order valence-corrected chi connectivity index (χ2v) is 5.99. The number of hydrogen-bond donors (Lipinski definition) is 2. The average Bonchev–Trinajstić information content (AvgIpc) is 2.65. The van der Waals surface area contributed by atoms with E-state index in [1.807, 2.05) is 24.3 Å². The van der Waals surface area contributed by atoms with Crippen molar-refractivity contribution in [1.82, 2.24) is 4.98 Å². The molecule has 1 heterocycles. The van der Waals surface area contributed by atoms with Crippen molar-refractivity contribution >= 4 is 29.0 Å². The molecule has 0 aliphatic rings. The van der Waals surface area contributed by atoms with E-state index in [-0.39, 0.29) is 5.91 Å². The first-order chi connectivity index (χ1) is 12.2. The Morgan fingerprint density at radius 1 is 0.960 bits per heavy atom. The summed E-state index contributed by atoms with van der Waals surface area (Å²) in [7, 11) is 0. The fraction of sp³-hybridized carbons (Fsp3) is 0.100. The molecule has 0 aliphatic carbocycles. The highest BCUT2D eigenvalue weighted by molar-refractivity contribution is 6.30. The van der Waals surface area contributed by atoms with Gasteiger partial charge in [-0.2, -0.15) is 0 Å².